The topological polar surface area (TPSA) is 91.4 Å². The summed E-state index contributed by atoms with van der Waals surface area (Å²) in [6, 6.07) is 19.2. The third-order valence-corrected chi connectivity index (χ3v) is 7.44. The summed E-state index contributed by atoms with van der Waals surface area (Å²) in [5, 5.41) is 5.62. The van der Waals surface area contributed by atoms with Crippen LogP contribution in [-0.4, -0.2) is 41.7 Å². The summed E-state index contributed by atoms with van der Waals surface area (Å²) in [6.07, 6.45) is 20.5. The highest BCUT2D eigenvalue weighted by molar-refractivity contribution is 6.38. The van der Waals surface area contributed by atoms with E-state index in [2.05, 4.69) is 70.9 Å². The molecule has 42 heavy (non-hydrogen) atoms. The maximum absolute atomic E-state index is 13.5. The van der Waals surface area contributed by atoms with E-state index in [1.807, 2.05) is 25.4 Å². The first-order chi connectivity index (χ1) is 20.5. The lowest BCUT2D eigenvalue weighted by atomic mass is 9.98. The van der Waals surface area contributed by atoms with Gasteiger partial charge in [-0.05, 0) is 79.3 Å². The van der Waals surface area contributed by atoms with Gasteiger partial charge in [-0.15, -0.1) is 12.8 Å². The van der Waals surface area contributed by atoms with Crippen molar-refractivity contribution in [3.05, 3.63) is 107 Å². The number of pyridine rings is 1. The number of ketones is 1. The fourth-order valence-corrected chi connectivity index (χ4v) is 5.01. The fourth-order valence-electron chi connectivity index (χ4n) is 5.01. The number of aryl methyl sites for hydroxylation is 2. The van der Waals surface area contributed by atoms with Crippen molar-refractivity contribution >= 4 is 23.4 Å². The number of hydrogen-bond donors (Lipinski definition) is 2. The second kappa shape index (κ2) is 14.8. The molecule has 0 unspecified atom stereocenters. The standard InChI is InChI=1S/C33H36N4O3.C2H2/c1-37-20-6-11-25-10-4-9-24(21-25)8-3-2-7-23-13-15-26(16-14-23)22-29(30(38)33(40)35-27-17-18-27)36-32(39)28-12-5-19-34-31(28)37;1-2/h4-6,9-10,12-16,19-21,27,29H,2-3,7-8,11,17-18,22H2,1H3,(H,35,40)(H,36,39);1-2H/b20-6-;/t29-;/m0./s1. The average Bonchev–Trinajstić information content (AvgIpc) is 3.84. The Hall–Kier alpha value is -4.70. The molecule has 2 amide bonds. The Morgan fingerprint density at radius 3 is 2.36 bits per heavy atom. The molecule has 3 aromatic rings. The number of fused-ring (bicyclic) bond motifs is 10. The fraction of sp³-hybridized carbons (Fsp3) is 0.314. The van der Waals surface area contributed by atoms with Gasteiger partial charge in [0.1, 0.15) is 11.9 Å². The van der Waals surface area contributed by atoms with Crippen LogP contribution in [0.1, 0.15) is 58.3 Å². The first-order valence-electron chi connectivity index (χ1n) is 14.5. The number of Topliss-reactive ketones (excluding diaryl/α,β-unsaturated/α-hetero) is 1. The van der Waals surface area contributed by atoms with Crippen LogP contribution >= 0.6 is 0 Å². The Kier molecular flexibility index (Phi) is 10.7. The maximum atomic E-state index is 13.5. The number of amides is 2. The molecule has 0 saturated heterocycles. The van der Waals surface area contributed by atoms with Gasteiger partial charge < -0.3 is 15.5 Å². The third-order valence-electron chi connectivity index (χ3n) is 7.44. The van der Waals surface area contributed by atoms with E-state index < -0.39 is 23.6 Å². The lowest BCUT2D eigenvalue weighted by molar-refractivity contribution is -0.139. The number of nitrogens with zero attached hydrogens (tertiary/aromatic N) is 2. The van der Waals surface area contributed by atoms with Crippen LogP contribution in [0.2, 0.25) is 0 Å². The summed E-state index contributed by atoms with van der Waals surface area (Å²) in [5.41, 5.74) is 5.02. The Morgan fingerprint density at radius 1 is 0.929 bits per heavy atom. The molecular weight excluding hydrogens is 524 g/mol. The molecular formula is C35H38N4O3. The van der Waals surface area contributed by atoms with Crippen molar-refractivity contribution < 1.29 is 14.4 Å². The smallest absolute Gasteiger partial charge is 0.289 e. The normalized spacial score (nSPS) is 18.2. The molecule has 1 aliphatic carbocycles. The number of carbonyl (C=O) groups is 3. The van der Waals surface area contributed by atoms with Crippen LogP contribution in [0.25, 0.3) is 0 Å². The van der Waals surface area contributed by atoms with Gasteiger partial charge in [-0.1, -0.05) is 54.6 Å². The van der Waals surface area contributed by atoms with Crippen molar-refractivity contribution in [3.63, 3.8) is 0 Å². The largest absolute Gasteiger partial charge is 0.347 e. The predicted molar refractivity (Wildman–Crippen MR) is 166 cm³/mol. The van der Waals surface area contributed by atoms with E-state index in [-0.39, 0.29) is 12.5 Å². The van der Waals surface area contributed by atoms with Gasteiger partial charge in [-0.2, -0.15) is 0 Å². The zero-order chi connectivity index (χ0) is 29.9. The molecule has 2 aromatic carbocycles. The number of terminal acetylenes is 1. The van der Waals surface area contributed by atoms with Gasteiger partial charge in [0.25, 0.3) is 11.8 Å². The van der Waals surface area contributed by atoms with E-state index in [0.717, 1.165) is 50.5 Å². The summed E-state index contributed by atoms with van der Waals surface area (Å²) in [7, 11) is 1.84. The zero-order valence-corrected chi connectivity index (χ0v) is 24.1. The predicted octanol–water partition coefficient (Wildman–Crippen LogP) is 4.59. The summed E-state index contributed by atoms with van der Waals surface area (Å²) in [6.45, 7) is 0. The first kappa shape index (κ1) is 30.3. The minimum absolute atomic E-state index is 0.0514. The Bertz CT molecular complexity index is 1440. The van der Waals surface area contributed by atoms with Crippen molar-refractivity contribution in [1.29, 1.82) is 0 Å². The Labute approximate surface area is 248 Å². The molecule has 7 heteroatoms. The van der Waals surface area contributed by atoms with Crippen LogP contribution < -0.4 is 15.5 Å². The van der Waals surface area contributed by atoms with E-state index in [1.54, 1.807) is 23.2 Å². The van der Waals surface area contributed by atoms with E-state index in [4.69, 9.17) is 0 Å². The molecule has 7 nitrogen and oxygen atoms in total. The van der Waals surface area contributed by atoms with Crippen LogP contribution in [0.3, 0.4) is 0 Å². The van der Waals surface area contributed by atoms with Gasteiger partial charge in [-0.25, -0.2) is 4.98 Å². The number of anilines is 1. The molecule has 2 aliphatic heterocycles. The minimum atomic E-state index is -0.994. The molecule has 3 aliphatic rings. The molecule has 1 saturated carbocycles. The molecule has 4 bridgehead atoms. The van der Waals surface area contributed by atoms with Crippen LogP contribution in [-0.2, 0) is 35.3 Å². The number of nitrogens with one attached hydrogen (secondary N) is 2. The van der Waals surface area contributed by atoms with E-state index >= 15 is 0 Å². The second-order valence-electron chi connectivity index (χ2n) is 10.8. The quantitative estimate of drug-likeness (QED) is 0.360. The molecule has 1 aromatic heterocycles. The molecule has 0 radical (unpaired) electrons. The number of hydrogen-bond acceptors (Lipinski definition) is 5. The maximum Gasteiger partial charge on any atom is 0.289 e. The zero-order valence-electron chi connectivity index (χ0n) is 24.1. The van der Waals surface area contributed by atoms with Crippen molar-refractivity contribution in [1.82, 2.24) is 15.6 Å². The molecule has 1 atom stereocenters. The highest BCUT2D eigenvalue weighted by Gasteiger charge is 2.32. The first-order valence-corrected chi connectivity index (χ1v) is 14.5. The third kappa shape index (κ3) is 8.40. The van der Waals surface area contributed by atoms with Crippen molar-refractivity contribution in [2.24, 2.45) is 0 Å². The molecule has 6 rings (SSSR count). The number of aromatic nitrogens is 1. The number of allylic oxidation sites excluding steroid dienone is 1. The summed E-state index contributed by atoms with van der Waals surface area (Å²) in [4.78, 5) is 45.7. The molecule has 216 valence electrons. The second-order valence-corrected chi connectivity index (χ2v) is 10.8. The Balaban J connectivity index is 0.00000198. The molecule has 2 N–H and O–H groups in total. The Morgan fingerprint density at radius 2 is 1.62 bits per heavy atom. The summed E-state index contributed by atoms with van der Waals surface area (Å²) >= 11 is 0. The lowest BCUT2D eigenvalue weighted by Gasteiger charge is -2.20. The minimum Gasteiger partial charge on any atom is -0.347 e. The summed E-state index contributed by atoms with van der Waals surface area (Å²) in [5.74, 6) is -1.27. The molecule has 3 heterocycles. The van der Waals surface area contributed by atoms with Crippen molar-refractivity contribution in [3.8, 4) is 12.8 Å². The van der Waals surface area contributed by atoms with Crippen molar-refractivity contribution in [2.75, 3.05) is 11.9 Å². The SMILES string of the molecule is C#C.CN1/C=C\Cc2cccc(c2)CCCCc2ccc(cc2)C[C@@H](C(=O)C(=O)NC2CC2)NC(=O)c2cccnc21. The monoisotopic (exact) mass is 562 g/mol. The van der Waals surface area contributed by atoms with E-state index in [0.29, 0.717) is 11.4 Å². The van der Waals surface area contributed by atoms with Crippen molar-refractivity contribution in [2.45, 2.75) is 63.5 Å². The van der Waals surface area contributed by atoms with Gasteiger partial charge in [-0.3, -0.25) is 14.4 Å². The highest BCUT2D eigenvalue weighted by atomic mass is 16.2. The van der Waals surface area contributed by atoms with E-state index in [9.17, 15) is 14.4 Å². The highest BCUT2D eigenvalue weighted by Crippen LogP contribution is 2.20. The summed E-state index contributed by atoms with van der Waals surface area (Å²) < 4.78 is 0. The van der Waals surface area contributed by atoms with Gasteiger partial charge in [0.05, 0.1) is 5.56 Å². The number of benzene rings is 2. The number of carbonyl (C=O) groups excluding carboxylic acids is 3. The van der Waals surface area contributed by atoms with Crippen LogP contribution in [0, 0.1) is 12.8 Å². The van der Waals surface area contributed by atoms with Gasteiger partial charge in [0, 0.05) is 31.9 Å². The lowest BCUT2D eigenvalue weighted by Crippen LogP contribution is -2.49. The van der Waals surface area contributed by atoms with Gasteiger partial charge >= 0.3 is 0 Å². The van der Waals surface area contributed by atoms with Gasteiger partial charge in [0.15, 0.2) is 0 Å². The molecule has 1 fully saturated rings. The van der Waals surface area contributed by atoms with Crippen LogP contribution in [0.4, 0.5) is 5.82 Å². The molecule has 0 spiro atoms. The number of rotatable bonds is 3. The average molecular weight is 563 g/mol. The van der Waals surface area contributed by atoms with E-state index in [1.165, 1.54) is 16.7 Å². The van der Waals surface area contributed by atoms with Gasteiger partial charge in [0.2, 0.25) is 5.78 Å². The van der Waals surface area contributed by atoms with Crippen LogP contribution in [0.15, 0.2) is 79.1 Å². The van der Waals surface area contributed by atoms with Crippen LogP contribution in [0.5, 0.6) is 0 Å².